The summed E-state index contributed by atoms with van der Waals surface area (Å²) >= 11 is 0. The molecule has 1 N–H and O–H groups in total. The van der Waals surface area contributed by atoms with Crippen molar-refractivity contribution in [3.05, 3.63) is 41.0 Å². The molecule has 2 fully saturated rings. The zero-order chi connectivity index (χ0) is 37.4. The number of phenolic OH excluding ortho intramolecular Hbond substituents is 1. The Balaban J connectivity index is 1.49. The average Bonchev–Trinajstić information content (AvgIpc) is 3.71. The summed E-state index contributed by atoms with van der Waals surface area (Å²) in [6.45, 7) is 3.89. The van der Waals surface area contributed by atoms with Gasteiger partial charge in [0.1, 0.15) is 12.7 Å². The first-order chi connectivity index (χ1) is 24.8. The van der Waals surface area contributed by atoms with Crippen LogP contribution in [0.4, 0.5) is 0 Å². The minimum atomic E-state index is -1.55. The standard InChI is InChI=1S/C35H38O17/c1-14(36)44-12-26-31(48-15(2)37)32(49-16(3)38)33(50-17(4)39)35(51-26)52-30-20-10-23-22(46-13-47-23)9-19(20)27(28-21(30)11-45-34(28)41)18-7-24(42-5)29(40)25(8-18)43-6/h7-10,21,26-28,30-33,35,40H,11-13H2,1-6H3/t21-,26+,27+,28-,30+,31+,32-,33+,35+/m0/s1. The maximum absolute atomic E-state index is 13.7. The van der Waals surface area contributed by atoms with Crippen molar-refractivity contribution in [2.75, 3.05) is 34.2 Å². The molecule has 0 spiro atoms. The Morgan fingerprint density at radius 1 is 0.769 bits per heavy atom. The van der Waals surface area contributed by atoms with Crippen LogP contribution in [0.1, 0.15) is 56.4 Å². The van der Waals surface area contributed by atoms with Crippen LogP contribution in [0.3, 0.4) is 0 Å². The first kappa shape index (κ1) is 36.5. The number of carbonyl (C=O) groups is 5. The van der Waals surface area contributed by atoms with Crippen molar-refractivity contribution in [1.29, 1.82) is 0 Å². The van der Waals surface area contributed by atoms with Crippen LogP contribution in [-0.2, 0) is 57.1 Å². The molecule has 3 heterocycles. The zero-order valence-corrected chi connectivity index (χ0v) is 29.1. The molecule has 280 valence electrons. The second kappa shape index (κ2) is 14.7. The largest absolute Gasteiger partial charge is 0.502 e. The predicted molar refractivity (Wildman–Crippen MR) is 169 cm³/mol. The summed E-state index contributed by atoms with van der Waals surface area (Å²) in [7, 11) is 2.77. The third kappa shape index (κ3) is 6.97. The Morgan fingerprint density at radius 2 is 1.35 bits per heavy atom. The van der Waals surface area contributed by atoms with E-state index in [9.17, 15) is 29.1 Å². The van der Waals surface area contributed by atoms with Crippen molar-refractivity contribution in [3.8, 4) is 28.7 Å². The van der Waals surface area contributed by atoms with Crippen LogP contribution in [0.25, 0.3) is 0 Å². The summed E-state index contributed by atoms with van der Waals surface area (Å²) in [6, 6.07) is 6.62. The van der Waals surface area contributed by atoms with Crippen molar-refractivity contribution in [2.45, 2.75) is 70.4 Å². The van der Waals surface area contributed by atoms with Gasteiger partial charge in [-0.25, -0.2) is 0 Å². The molecular weight excluding hydrogens is 692 g/mol. The Bertz CT molecular complexity index is 1730. The van der Waals surface area contributed by atoms with Crippen LogP contribution in [0.15, 0.2) is 24.3 Å². The molecule has 0 bridgehead atoms. The van der Waals surface area contributed by atoms with Crippen LogP contribution in [0.2, 0.25) is 0 Å². The monoisotopic (exact) mass is 730 g/mol. The Kier molecular flexibility index (Phi) is 10.4. The molecule has 17 nitrogen and oxygen atoms in total. The van der Waals surface area contributed by atoms with Gasteiger partial charge >= 0.3 is 29.8 Å². The predicted octanol–water partition coefficient (Wildman–Crippen LogP) is 2.21. The normalized spacial score (nSPS) is 28.4. The summed E-state index contributed by atoms with van der Waals surface area (Å²) in [5.41, 5.74) is 1.63. The number of methoxy groups -OCH3 is 2. The Hall–Kier alpha value is -5.29. The fourth-order valence-electron chi connectivity index (χ4n) is 7.22. The molecule has 3 aliphatic heterocycles. The molecule has 2 saturated heterocycles. The van der Waals surface area contributed by atoms with E-state index in [0.29, 0.717) is 28.2 Å². The van der Waals surface area contributed by atoms with Gasteiger partial charge in [-0.05, 0) is 41.0 Å². The maximum Gasteiger partial charge on any atom is 0.310 e. The molecule has 0 saturated carbocycles. The first-order valence-corrected chi connectivity index (χ1v) is 16.3. The minimum Gasteiger partial charge on any atom is -0.502 e. The molecule has 2 aromatic carbocycles. The fraction of sp³-hybridized carbons (Fsp3) is 0.514. The van der Waals surface area contributed by atoms with E-state index in [4.69, 9.17) is 52.1 Å². The lowest BCUT2D eigenvalue weighted by Crippen LogP contribution is -2.63. The molecule has 4 aliphatic rings. The minimum absolute atomic E-state index is 0.0656. The van der Waals surface area contributed by atoms with Gasteiger partial charge in [-0.3, -0.25) is 24.0 Å². The van der Waals surface area contributed by atoms with E-state index in [1.165, 1.54) is 21.1 Å². The molecule has 17 heteroatoms. The van der Waals surface area contributed by atoms with Crippen molar-refractivity contribution >= 4 is 29.8 Å². The fourth-order valence-corrected chi connectivity index (χ4v) is 7.22. The van der Waals surface area contributed by atoms with Gasteiger partial charge < -0.3 is 57.2 Å². The number of hydrogen-bond donors (Lipinski definition) is 1. The quantitative estimate of drug-likeness (QED) is 0.275. The topological polar surface area (TPSA) is 207 Å². The zero-order valence-electron chi connectivity index (χ0n) is 29.1. The number of ether oxygens (including phenoxy) is 11. The second-order valence-corrected chi connectivity index (χ2v) is 12.5. The van der Waals surface area contributed by atoms with E-state index in [1.807, 2.05) is 0 Å². The highest BCUT2D eigenvalue weighted by atomic mass is 16.7. The van der Waals surface area contributed by atoms with Crippen LogP contribution in [-0.4, -0.2) is 99.9 Å². The molecule has 52 heavy (non-hydrogen) atoms. The molecule has 1 aliphatic carbocycles. The van der Waals surface area contributed by atoms with E-state index >= 15 is 0 Å². The van der Waals surface area contributed by atoms with Crippen LogP contribution in [0.5, 0.6) is 28.7 Å². The highest BCUT2D eigenvalue weighted by Gasteiger charge is 2.57. The molecule has 0 radical (unpaired) electrons. The van der Waals surface area contributed by atoms with E-state index < -0.39 is 91.0 Å². The molecule has 9 atom stereocenters. The van der Waals surface area contributed by atoms with Crippen LogP contribution in [0, 0.1) is 11.8 Å². The molecular formula is C35H38O17. The van der Waals surface area contributed by atoms with Crippen LogP contribution < -0.4 is 18.9 Å². The van der Waals surface area contributed by atoms with Gasteiger partial charge in [0.05, 0.1) is 32.8 Å². The third-order valence-corrected chi connectivity index (χ3v) is 9.21. The van der Waals surface area contributed by atoms with Crippen molar-refractivity contribution in [2.24, 2.45) is 11.8 Å². The highest BCUT2D eigenvalue weighted by Crippen LogP contribution is 2.57. The molecule has 6 rings (SSSR count). The number of hydrogen-bond acceptors (Lipinski definition) is 17. The summed E-state index contributed by atoms with van der Waals surface area (Å²) < 4.78 is 62.8. The van der Waals surface area contributed by atoms with Gasteiger partial charge in [0.15, 0.2) is 47.6 Å². The lowest BCUT2D eigenvalue weighted by molar-refractivity contribution is -0.322. The Labute approximate surface area is 297 Å². The third-order valence-electron chi connectivity index (χ3n) is 9.21. The summed E-state index contributed by atoms with van der Waals surface area (Å²) in [5.74, 6) is -5.14. The van der Waals surface area contributed by atoms with E-state index in [0.717, 1.165) is 20.8 Å². The van der Waals surface area contributed by atoms with Gasteiger partial charge in [0.2, 0.25) is 12.5 Å². The number of rotatable bonds is 10. The number of aromatic hydroxyl groups is 1. The van der Waals surface area contributed by atoms with Gasteiger partial charge in [0.25, 0.3) is 0 Å². The number of esters is 5. The molecule has 2 aromatic rings. The lowest BCUT2D eigenvalue weighted by Gasteiger charge is -2.46. The SMILES string of the molecule is COc1cc([C@@H]2c3cc4c(cc3[C@@H](O[C@H]3O[C@H](COC(C)=O)[C@@H](OC(C)=O)[C@H](OC(C)=O)[C@H]3OC(C)=O)[C@H]3COC(=O)[C@H]23)OCO4)cc(OC)c1O. The first-order valence-electron chi connectivity index (χ1n) is 16.3. The summed E-state index contributed by atoms with van der Waals surface area (Å²) in [6.07, 6.45) is -8.24. The van der Waals surface area contributed by atoms with E-state index in [2.05, 4.69) is 0 Å². The lowest BCUT2D eigenvalue weighted by atomic mass is 9.66. The van der Waals surface area contributed by atoms with Gasteiger partial charge in [-0.15, -0.1) is 0 Å². The number of carbonyl (C=O) groups excluding carboxylic acids is 5. The smallest absolute Gasteiger partial charge is 0.310 e. The van der Waals surface area contributed by atoms with E-state index in [-0.39, 0.29) is 30.6 Å². The molecule has 0 amide bonds. The second-order valence-electron chi connectivity index (χ2n) is 12.5. The number of phenols is 1. The summed E-state index contributed by atoms with van der Waals surface area (Å²) in [5, 5.41) is 10.7. The van der Waals surface area contributed by atoms with Crippen molar-refractivity contribution in [3.63, 3.8) is 0 Å². The number of cyclic esters (lactones) is 1. The van der Waals surface area contributed by atoms with Crippen molar-refractivity contribution in [1.82, 2.24) is 0 Å². The average molecular weight is 731 g/mol. The summed E-state index contributed by atoms with van der Waals surface area (Å²) in [4.78, 5) is 62.7. The number of fused-ring (bicyclic) bond motifs is 3. The van der Waals surface area contributed by atoms with Crippen LogP contribution >= 0.6 is 0 Å². The van der Waals surface area contributed by atoms with E-state index in [1.54, 1.807) is 24.3 Å². The molecule has 0 unspecified atom stereocenters. The maximum atomic E-state index is 13.7. The van der Waals surface area contributed by atoms with Gasteiger partial charge in [-0.1, -0.05) is 0 Å². The Morgan fingerprint density at radius 3 is 1.92 bits per heavy atom. The molecule has 0 aromatic heterocycles. The highest BCUT2D eigenvalue weighted by molar-refractivity contribution is 5.79. The van der Waals surface area contributed by atoms with Gasteiger partial charge in [0, 0.05) is 39.5 Å². The number of benzene rings is 2. The van der Waals surface area contributed by atoms with Gasteiger partial charge in [-0.2, -0.15) is 0 Å². The van der Waals surface area contributed by atoms with Crippen molar-refractivity contribution < 1.29 is 81.2 Å².